The number of sulfonamides is 1. The van der Waals surface area contributed by atoms with Gasteiger partial charge in [0.25, 0.3) is 15.9 Å². The van der Waals surface area contributed by atoms with Gasteiger partial charge >= 0.3 is 0 Å². The molecule has 0 heterocycles. The van der Waals surface area contributed by atoms with E-state index < -0.39 is 10.0 Å². The molecule has 2 N–H and O–H groups in total. The van der Waals surface area contributed by atoms with E-state index in [4.69, 9.17) is 0 Å². The molecule has 0 saturated heterocycles. The third-order valence-electron chi connectivity index (χ3n) is 4.15. The fourth-order valence-corrected chi connectivity index (χ4v) is 4.43. The molecule has 0 aliphatic rings. The monoisotopic (exact) mass is 402 g/mol. The van der Waals surface area contributed by atoms with Gasteiger partial charge in [0.2, 0.25) is 0 Å². The van der Waals surface area contributed by atoms with E-state index in [0.717, 1.165) is 12.0 Å². The molecule has 0 bridgehead atoms. The van der Waals surface area contributed by atoms with Gasteiger partial charge in [-0.15, -0.1) is 0 Å². The molecule has 0 unspecified atom stereocenters. The first-order valence-corrected chi connectivity index (χ1v) is 10.8. The zero-order valence-electron chi connectivity index (χ0n) is 17.5. The van der Waals surface area contributed by atoms with E-state index >= 15 is 0 Å². The van der Waals surface area contributed by atoms with Crippen molar-refractivity contribution < 1.29 is 13.2 Å². The summed E-state index contributed by atoms with van der Waals surface area (Å²) in [5, 5.41) is 3.05. The van der Waals surface area contributed by atoms with Gasteiger partial charge in [0.15, 0.2) is 0 Å². The normalized spacial score (nSPS) is 12.5. The van der Waals surface area contributed by atoms with Crippen LogP contribution in [0.1, 0.15) is 57.0 Å². The lowest BCUT2D eigenvalue weighted by atomic mass is 9.81. The van der Waals surface area contributed by atoms with Crippen LogP contribution >= 0.6 is 0 Å². The number of anilines is 1. The van der Waals surface area contributed by atoms with E-state index in [1.54, 1.807) is 48.5 Å². The average molecular weight is 403 g/mol. The largest absolute Gasteiger partial charge is 0.347 e. The summed E-state index contributed by atoms with van der Waals surface area (Å²) in [6.07, 6.45) is 0.834. The van der Waals surface area contributed by atoms with Crippen molar-refractivity contribution in [1.29, 1.82) is 0 Å². The van der Waals surface area contributed by atoms with Crippen LogP contribution < -0.4 is 10.0 Å². The summed E-state index contributed by atoms with van der Waals surface area (Å²) in [4.78, 5) is 12.7. The van der Waals surface area contributed by atoms with Gasteiger partial charge in [-0.2, -0.15) is 0 Å². The molecule has 2 rings (SSSR count). The van der Waals surface area contributed by atoms with Crippen LogP contribution in [0.25, 0.3) is 0 Å². The highest BCUT2D eigenvalue weighted by atomic mass is 32.2. The van der Waals surface area contributed by atoms with E-state index in [9.17, 15) is 13.2 Å². The van der Waals surface area contributed by atoms with Crippen LogP contribution in [0.3, 0.4) is 0 Å². The van der Waals surface area contributed by atoms with E-state index in [1.165, 1.54) is 0 Å². The summed E-state index contributed by atoms with van der Waals surface area (Å²) in [6.45, 7) is 12.3. The molecule has 0 fully saturated rings. The zero-order chi connectivity index (χ0) is 21.2. The Morgan fingerprint density at radius 1 is 0.893 bits per heavy atom. The van der Waals surface area contributed by atoms with Crippen molar-refractivity contribution in [3.63, 3.8) is 0 Å². The maximum atomic E-state index is 12.5. The minimum atomic E-state index is -3.66. The van der Waals surface area contributed by atoms with E-state index in [0.29, 0.717) is 11.3 Å². The van der Waals surface area contributed by atoms with Crippen molar-refractivity contribution in [3.8, 4) is 0 Å². The van der Waals surface area contributed by atoms with Gasteiger partial charge < -0.3 is 5.32 Å². The Bertz CT molecular complexity index is 923. The maximum absolute atomic E-state index is 12.5. The molecule has 2 aromatic carbocycles. The Morgan fingerprint density at radius 2 is 1.43 bits per heavy atom. The summed E-state index contributed by atoms with van der Waals surface area (Å²) in [5.41, 5.74) is 1.63. The summed E-state index contributed by atoms with van der Waals surface area (Å²) in [6, 6.07) is 13.1. The smallest absolute Gasteiger partial charge is 0.261 e. The van der Waals surface area contributed by atoms with Crippen LogP contribution in [0, 0.1) is 12.3 Å². The highest BCUT2D eigenvalue weighted by Gasteiger charge is 2.27. The molecule has 0 aliphatic carbocycles. The second-order valence-corrected chi connectivity index (χ2v) is 10.8. The molecule has 5 nitrogen and oxygen atoms in total. The number of carbonyl (C=O) groups is 1. The SMILES string of the molecule is Cc1ccc(S(=O)(=O)Nc2ccc(C(=O)NC(C)(C)CC(C)(C)C)cc2)cc1. The second kappa shape index (κ2) is 7.95. The van der Waals surface area contributed by atoms with Crippen LogP contribution in [0.4, 0.5) is 5.69 Å². The average Bonchev–Trinajstić information content (AvgIpc) is 2.52. The Kier molecular flexibility index (Phi) is 6.24. The molecule has 6 heteroatoms. The molecule has 0 aliphatic heterocycles. The summed E-state index contributed by atoms with van der Waals surface area (Å²) < 4.78 is 27.5. The summed E-state index contributed by atoms with van der Waals surface area (Å²) in [5.74, 6) is -0.179. The van der Waals surface area contributed by atoms with Crippen molar-refractivity contribution in [3.05, 3.63) is 59.7 Å². The van der Waals surface area contributed by atoms with Gasteiger partial charge in [-0.3, -0.25) is 9.52 Å². The van der Waals surface area contributed by atoms with Crippen molar-refractivity contribution in [2.75, 3.05) is 4.72 Å². The van der Waals surface area contributed by atoms with Crippen molar-refractivity contribution in [2.24, 2.45) is 5.41 Å². The topological polar surface area (TPSA) is 75.3 Å². The molecule has 0 spiro atoms. The third kappa shape index (κ3) is 6.37. The minimum absolute atomic E-state index is 0.0922. The molecule has 0 saturated carbocycles. The summed E-state index contributed by atoms with van der Waals surface area (Å²) in [7, 11) is -3.66. The Morgan fingerprint density at radius 3 is 1.93 bits per heavy atom. The number of nitrogens with one attached hydrogen (secondary N) is 2. The van der Waals surface area contributed by atoms with E-state index in [1.807, 2.05) is 20.8 Å². The predicted octanol–water partition coefficient (Wildman–Crippen LogP) is 4.74. The number of amides is 1. The molecule has 152 valence electrons. The van der Waals surface area contributed by atoms with E-state index in [2.05, 4.69) is 30.8 Å². The van der Waals surface area contributed by atoms with Crippen molar-refractivity contribution >= 4 is 21.6 Å². The molecule has 2 aromatic rings. The Balaban J connectivity index is 2.08. The quantitative estimate of drug-likeness (QED) is 0.733. The standard InChI is InChI=1S/C22H30N2O3S/c1-16-7-13-19(14-8-16)28(26,27)24-18-11-9-17(10-12-18)20(25)23-22(5,6)15-21(2,3)4/h7-14,24H,15H2,1-6H3,(H,23,25). The van der Waals surface area contributed by atoms with Gasteiger partial charge in [-0.1, -0.05) is 38.5 Å². The number of benzene rings is 2. The molecule has 1 amide bonds. The van der Waals surface area contributed by atoms with Gasteiger partial charge in [-0.05, 0) is 69.0 Å². The fourth-order valence-electron chi connectivity index (χ4n) is 3.37. The zero-order valence-corrected chi connectivity index (χ0v) is 18.3. The molecule has 0 aromatic heterocycles. The van der Waals surface area contributed by atoms with Gasteiger partial charge in [-0.25, -0.2) is 8.42 Å². The van der Waals surface area contributed by atoms with Crippen LogP contribution in [-0.2, 0) is 10.0 Å². The molecule has 28 heavy (non-hydrogen) atoms. The first-order valence-electron chi connectivity index (χ1n) is 9.30. The molecule has 0 atom stereocenters. The first-order chi connectivity index (χ1) is 12.8. The molecular weight excluding hydrogens is 372 g/mol. The van der Waals surface area contributed by atoms with Crippen LogP contribution in [-0.4, -0.2) is 19.9 Å². The lowest BCUT2D eigenvalue weighted by molar-refractivity contribution is 0.0891. The highest BCUT2D eigenvalue weighted by Crippen LogP contribution is 2.27. The number of hydrogen-bond donors (Lipinski definition) is 2. The van der Waals surface area contributed by atoms with Crippen molar-refractivity contribution in [1.82, 2.24) is 5.32 Å². The molecular formula is C22H30N2O3S. The third-order valence-corrected chi connectivity index (χ3v) is 5.55. The second-order valence-electron chi connectivity index (χ2n) is 9.07. The van der Waals surface area contributed by atoms with Crippen molar-refractivity contribution in [2.45, 2.75) is 58.4 Å². The summed E-state index contributed by atoms with van der Waals surface area (Å²) >= 11 is 0. The lowest BCUT2D eigenvalue weighted by Crippen LogP contribution is -2.45. The number of aryl methyl sites for hydroxylation is 1. The van der Waals surface area contributed by atoms with Crippen LogP contribution in [0.5, 0.6) is 0 Å². The maximum Gasteiger partial charge on any atom is 0.261 e. The number of carbonyl (C=O) groups excluding carboxylic acids is 1. The van der Waals surface area contributed by atoms with Crippen LogP contribution in [0.15, 0.2) is 53.4 Å². The first kappa shape index (κ1) is 22.0. The Labute approximate surface area is 168 Å². The number of rotatable bonds is 6. The number of hydrogen-bond acceptors (Lipinski definition) is 3. The van der Waals surface area contributed by atoms with E-state index in [-0.39, 0.29) is 21.8 Å². The lowest BCUT2D eigenvalue weighted by Gasteiger charge is -2.33. The predicted molar refractivity (Wildman–Crippen MR) is 114 cm³/mol. The van der Waals surface area contributed by atoms with Gasteiger partial charge in [0.05, 0.1) is 4.90 Å². The van der Waals surface area contributed by atoms with Gasteiger partial charge in [0, 0.05) is 16.8 Å². The Hall–Kier alpha value is -2.34. The highest BCUT2D eigenvalue weighted by molar-refractivity contribution is 7.92. The minimum Gasteiger partial charge on any atom is -0.347 e. The van der Waals surface area contributed by atoms with Gasteiger partial charge in [0.1, 0.15) is 0 Å². The fraction of sp³-hybridized carbons (Fsp3) is 0.409. The van der Waals surface area contributed by atoms with Crippen LogP contribution in [0.2, 0.25) is 0 Å². The molecule has 0 radical (unpaired) electrons.